The number of amides is 2. The number of hydrogen-bond donors (Lipinski definition) is 1. The molecule has 6 nitrogen and oxygen atoms in total. The molecule has 2 amide bonds. The van der Waals surface area contributed by atoms with Gasteiger partial charge in [-0.2, -0.15) is 0 Å². The molecular weight excluding hydrogens is 340 g/mol. The molecule has 1 aromatic heterocycles. The standard InChI is InChI=1S/C21H32N4O2/c26-19-7-6-18(13-25(19)12-17-4-2-1-3-5-17)20(27)23-14-21(8-9-21)15-24-11-10-22-16-24/h10-11,16-18H,1-9,12-15H2,(H,23,27). The zero-order chi connectivity index (χ0) is 18.7. The molecule has 148 valence electrons. The zero-order valence-corrected chi connectivity index (χ0v) is 16.2. The van der Waals surface area contributed by atoms with Gasteiger partial charge in [0.2, 0.25) is 11.8 Å². The van der Waals surface area contributed by atoms with Gasteiger partial charge in [-0.05, 0) is 38.0 Å². The topological polar surface area (TPSA) is 67.2 Å². The maximum absolute atomic E-state index is 12.8. The lowest BCUT2D eigenvalue weighted by Gasteiger charge is -2.35. The van der Waals surface area contributed by atoms with E-state index >= 15 is 0 Å². The lowest BCUT2D eigenvalue weighted by molar-refractivity contribution is -0.139. The van der Waals surface area contributed by atoms with E-state index in [2.05, 4.69) is 14.9 Å². The number of carbonyl (C=O) groups excluding carboxylic acids is 2. The lowest BCUT2D eigenvalue weighted by Crippen LogP contribution is -2.48. The minimum atomic E-state index is -0.0460. The average Bonchev–Trinajstić information content (AvgIpc) is 3.25. The number of nitrogens with one attached hydrogen (secondary N) is 1. The van der Waals surface area contributed by atoms with Crippen LogP contribution in [0.1, 0.15) is 57.8 Å². The van der Waals surface area contributed by atoms with E-state index in [-0.39, 0.29) is 23.1 Å². The van der Waals surface area contributed by atoms with Crippen LogP contribution in [-0.2, 0) is 16.1 Å². The minimum absolute atomic E-state index is 0.0460. The summed E-state index contributed by atoms with van der Waals surface area (Å²) < 4.78 is 2.10. The molecule has 1 aliphatic heterocycles. The highest BCUT2D eigenvalue weighted by atomic mass is 16.2. The van der Waals surface area contributed by atoms with Gasteiger partial charge in [-0.25, -0.2) is 4.98 Å². The van der Waals surface area contributed by atoms with Gasteiger partial charge in [0.15, 0.2) is 0 Å². The second-order valence-corrected chi connectivity index (χ2v) is 8.99. The first-order valence-electron chi connectivity index (χ1n) is 10.6. The molecule has 0 aromatic carbocycles. The number of aromatic nitrogens is 2. The van der Waals surface area contributed by atoms with Gasteiger partial charge in [-0.15, -0.1) is 0 Å². The van der Waals surface area contributed by atoms with Crippen LogP contribution < -0.4 is 5.32 Å². The fourth-order valence-electron chi connectivity index (χ4n) is 4.74. The predicted molar refractivity (Wildman–Crippen MR) is 103 cm³/mol. The van der Waals surface area contributed by atoms with Crippen molar-refractivity contribution >= 4 is 11.8 Å². The van der Waals surface area contributed by atoms with Gasteiger partial charge in [0.05, 0.1) is 12.2 Å². The Bertz CT molecular complexity index is 647. The van der Waals surface area contributed by atoms with E-state index in [4.69, 9.17) is 0 Å². The molecule has 1 aromatic rings. The first-order chi connectivity index (χ1) is 13.1. The van der Waals surface area contributed by atoms with Crippen molar-refractivity contribution in [3.63, 3.8) is 0 Å². The van der Waals surface area contributed by atoms with Crippen molar-refractivity contribution in [2.75, 3.05) is 19.6 Å². The summed E-state index contributed by atoms with van der Waals surface area (Å²) in [4.78, 5) is 31.2. The molecule has 1 saturated heterocycles. The van der Waals surface area contributed by atoms with Crippen molar-refractivity contribution < 1.29 is 9.59 Å². The van der Waals surface area contributed by atoms with E-state index in [1.807, 2.05) is 17.4 Å². The molecule has 1 N–H and O–H groups in total. The van der Waals surface area contributed by atoms with E-state index in [1.165, 1.54) is 32.1 Å². The summed E-state index contributed by atoms with van der Waals surface area (Å²) in [6, 6.07) is 0. The number of hydrogen-bond acceptors (Lipinski definition) is 3. The van der Waals surface area contributed by atoms with E-state index < -0.39 is 0 Å². The van der Waals surface area contributed by atoms with Gasteiger partial charge in [-0.3, -0.25) is 9.59 Å². The Morgan fingerprint density at radius 1 is 1.22 bits per heavy atom. The molecule has 2 saturated carbocycles. The Morgan fingerprint density at radius 2 is 2.04 bits per heavy atom. The summed E-state index contributed by atoms with van der Waals surface area (Å²) in [5.74, 6) is 0.959. The second-order valence-electron chi connectivity index (χ2n) is 8.99. The van der Waals surface area contributed by atoms with Gasteiger partial charge < -0.3 is 14.8 Å². The van der Waals surface area contributed by atoms with Gasteiger partial charge in [-0.1, -0.05) is 19.3 Å². The van der Waals surface area contributed by atoms with Gasteiger partial charge in [0, 0.05) is 50.4 Å². The minimum Gasteiger partial charge on any atom is -0.355 e. The largest absolute Gasteiger partial charge is 0.355 e. The Hall–Kier alpha value is -1.85. The first-order valence-corrected chi connectivity index (χ1v) is 10.6. The highest BCUT2D eigenvalue weighted by Crippen LogP contribution is 2.46. The normalized spacial score (nSPS) is 25.4. The molecule has 4 rings (SSSR count). The molecule has 2 heterocycles. The van der Waals surface area contributed by atoms with Crippen LogP contribution >= 0.6 is 0 Å². The van der Waals surface area contributed by atoms with Crippen molar-refractivity contribution in [3.05, 3.63) is 18.7 Å². The third kappa shape index (κ3) is 4.71. The van der Waals surface area contributed by atoms with Gasteiger partial charge in [0.25, 0.3) is 0 Å². The van der Waals surface area contributed by atoms with Crippen LogP contribution in [0, 0.1) is 17.3 Å². The van der Waals surface area contributed by atoms with E-state index in [0.717, 1.165) is 32.5 Å². The van der Waals surface area contributed by atoms with Crippen molar-refractivity contribution in [3.8, 4) is 0 Å². The van der Waals surface area contributed by atoms with Crippen LogP contribution in [0.4, 0.5) is 0 Å². The third-order valence-electron chi connectivity index (χ3n) is 6.75. The quantitative estimate of drug-likeness (QED) is 0.800. The number of carbonyl (C=O) groups is 2. The summed E-state index contributed by atoms with van der Waals surface area (Å²) >= 11 is 0. The molecule has 0 radical (unpaired) electrons. The smallest absolute Gasteiger partial charge is 0.224 e. The van der Waals surface area contributed by atoms with Gasteiger partial charge >= 0.3 is 0 Å². The molecule has 6 heteroatoms. The Labute approximate surface area is 161 Å². The van der Waals surface area contributed by atoms with Crippen LogP contribution in [0.25, 0.3) is 0 Å². The molecular formula is C21H32N4O2. The number of likely N-dealkylation sites (tertiary alicyclic amines) is 1. The molecule has 3 aliphatic rings. The molecule has 1 atom stereocenters. The molecule has 3 fully saturated rings. The second kappa shape index (κ2) is 8.03. The predicted octanol–water partition coefficient (Wildman–Crippen LogP) is 2.60. The molecule has 27 heavy (non-hydrogen) atoms. The van der Waals surface area contributed by atoms with Crippen molar-refractivity contribution in [1.29, 1.82) is 0 Å². The molecule has 0 spiro atoms. The van der Waals surface area contributed by atoms with Crippen molar-refractivity contribution in [1.82, 2.24) is 19.8 Å². The van der Waals surface area contributed by atoms with Gasteiger partial charge in [0.1, 0.15) is 0 Å². The van der Waals surface area contributed by atoms with Crippen LogP contribution in [0.3, 0.4) is 0 Å². The monoisotopic (exact) mass is 372 g/mol. The maximum atomic E-state index is 12.8. The Kier molecular flexibility index (Phi) is 5.50. The Balaban J connectivity index is 1.26. The fraction of sp³-hybridized carbons (Fsp3) is 0.762. The summed E-state index contributed by atoms with van der Waals surface area (Å²) in [6.45, 7) is 3.12. The van der Waals surface area contributed by atoms with Crippen molar-refractivity contribution in [2.24, 2.45) is 17.3 Å². The summed E-state index contributed by atoms with van der Waals surface area (Å²) in [7, 11) is 0. The van der Waals surface area contributed by atoms with E-state index in [0.29, 0.717) is 25.3 Å². The number of imidazole rings is 1. The number of nitrogens with zero attached hydrogens (tertiary/aromatic N) is 3. The third-order valence-corrected chi connectivity index (χ3v) is 6.75. The molecule has 2 aliphatic carbocycles. The summed E-state index contributed by atoms with van der Waals surface area (Å²) in [5.41, 5.74) is 0.197. The number of piperidine rings is 1. The maximum Gasteiger partial charge on any atom is 0.224 e. The van der Waals surface area contributed by atoms with Crippen LogP contribution in [0.2, 0.25) is 0 Å². The fourth-order valence-corrected chi connectivity index (χ4v) is 4.74. The average molecular weight is 373 g/mol. The van der Waals surface area contributed by atoms with E-state index in [9.17, 15) is 9.59 Å². The highest BCUT2D eigenvalue weighted by molar-refractivity contribution is 5.83. The van der Waals surface area contributed by atoms with Crippen LogP contribution in [0.5, 0.6) is 0 Å². The van der Waals surface area contributed by atoms with Crippen LogP contribution in [-0.4, -0.2) is 45.9 Å². The number of rotatable bonds is 7. The van der Waals surface area contributed by atoms with Crippen molar-refractivity contribution in [2.45, 2.75) is 64.3 Å². The SMILES string of the molecule is O=C(NCC1(Cn2ccnc2)CC1)C1CCC(=O)N(CC2CCCCC2)C1. The summed E-state index contributed by atoms with van der Waals surface area (Å²) in [5, 5.41) is 3.20. The first kappa shape index (κ1) is 18.5. The van der Waals surface area contributed by atoms with Crippen LogP contribution in [0.15, 0.2) is 18.7 Å². The molecule has 0 bridgehead atoms. The highest BCUT2D eigenvalue weighted by Gasteiger charge is 2.43. The zero-order valence-electron chi connectivity index (χ0n) is 16.2. The lowest BCUT2D eigenvalue weighted by atomic mass is 9.87. The summed E-state index contributed by atoms with van der Waals surface area (Å²) in [6.07, 6.45) is 15.5. The van der Waals surface area contributed by atoms with E-state index in [1.54, 1.807) is 6.20 Å². The molecule has 1 unspecified atom stereocenters. The Morgan fingerprint density at radius 3 is 2.74 bits per heavy atom.